The van der Waals surface area contributed by atoms with E-state index in [4.69, 9.17) is 48.9 Å². The number of aliphatic hydroxyl groups excluding tert-OH is 1. The summed E-state index contributed by atoms with van der Waals surface area (Å²) in [4.78, 5) is 119. The number of rotatable bonds is 7. The van der Waals surface area contributed by atoms with Crippen LogP contribution in [0.2, 0.25) is 10.0 Å². The van der Waals surface area contributed by atoms with Gasteiger partial charge in [-0.15, -0.1) is 0 Å². The summed E-state index contributed by atoms with van der Waals surface area (Å²) in [5.41, 5.74) is 9.61. The molecule has 7 aromatic rings. The van der Waals surface area contributed by atoms with E-state index in [0.717, 1.165) is 66.7 Å². The van der Waals surface area contributed by atoms with Crippen LogP contribution in [-0.2, 0) is 44.8 Å². The molecule has 17 bridgehead atoms. The average molecular weight is 1330 g/mol. The number of aliphatic carboxylic acids is 1. The van der Waals surface area contributed by atoms with E-state index in [1.54, 1.807) is 0 Å². The highest BCUT2D eigenvalue weighted by Crippen LogP contribution is 2.48. The summed E-state index contributed by atoms with van der Waals surface area (Å²) in [6.45, 7) is 0.318. The first-order chi connectivity index (χ1) is 44.8. The Morgan fingerprint density at radius 1 is 0.553 bits per heavy atom. The van der Waals surface area contributed by atoms with Crippen LogP contribution in [0.5, 0.6) is 69.0 Å². The number of halogens is 2. The normalized spacial score (nSPS) is 21.3. The van der Waals surface area contributed by atoms with Crippen molar-refractivity contribution in [2.24, 2.45) is 11.5 Å². The molecule has 0 unspecified atom stereocenters. The van der Waals surface area contributed by atoms with Crippen molar-refractivity contribution in [3.8, 4) is 80.1 Å². The number of amides is 7. The summed E-state index contributed by atoms with van der Waals surface area (Å²) in [5, 5.41) is 108. The van der Waals surface area contributed by atoms with Gasteiger partial charge in [-0.1, -0.05) is 53.9 Å². The molecular weight excluding hydrogens is 1270 g/mol. The van der Waals surface area contributed by atoms with E-state index in [2.05, 4.69) is 37.2 Å². The van der Waals surface area contributed by atoms with E-state index in [1.807, 2.05) is 0 Å². The van der Waals surface area contributed by atoms with E-state index in [9.17, 15) is 60.0 Å². The van der Waals surface area contributed by atoms with E-state index in [-0.39, 0.29) is 72.8 Å². The van der Waals surface area contributed by atoms with Gasteiger partial charge in [-0.2, -0.15) is 0 Å². The van der Waals surface area contributed by atoms with Crippen LogP contribution in [0.1, 0.15) is 94.5 Å². The summed E-state index contributed by atoms with van der Waals surface area (Å²) in [6.07, 6.45) is -1.44. The van der Waals surface area contributed by atoms with E-state index in [1.165, 1.54) is 48.5 Å². The Kier molecular flexibility index (Phi) is 18.0. The number of ether oxygens (including phenoxy) is 3. The molecule has 19 N–H and O–H groups in total. The van der Waals surface area contributed by atoms with Gasteiger partial charge in [-0.3, -0.25) is 33.6 Å². The maximum absolute atomic E-state index is 15.8. The third kappa shape index (κ3) is 13.2. The molecule has 7 amide bonds. The lowest BCUT2D eigenvalue weighted by Gasteiger charge is -2.31. The van der Waals surface area contributed by atoms with Crippen molar-refractivity contribution >= 4 is 70.5 Å². The second kappa shape index (κ2) is 26.3. The number of nitrogens with two attached hydrogens (primary N) is 2. The molecule has 9 atom stereocenters. The topological polar surface area (TPSA) is 462 Å². The molecule has 0 saturated heterocycles. The molecule has 94 heavy (non-hydrogen) atoms. The third-order valence-corrected chi connectivity index (χ3v) is 16.6. The summed E-state index contributed by atoms with van der Waals surface area (Å²) >= 11 is 13.8. The average Bonchev–Trinajstić information content (AvgIpc) is 0.780. The van der Waals surface area contributed by atoms with Gasteiger partial charge in [0.15, 0.2) is 29.0 Å². The van der Waals surface area contributed by atoms with Crippen LogP contribution in [0.15, 0.2) is 115 Å². The van der Waals surface area contributed by atoms with Gasteiger partial charge in [0.05, 0.1) is 16.1 Å². The minimum Gasteiger partial charge on any atom is -0.508 e. The Balaban J connectivity index is 1.11. The van der Waals surface area contributed by atoms with E-state index < -0.39 is 171 Å². The van der Waals surface area contributed by atoms with Gasteiger partial charge >= 0.3 is 5.97 Å². The predicted octanol–water partition coefficient (Wildman–Crippen LogP) is 4.60. The van der Waals surface area contributed by atoms with Crippen LogP contribution in [0.25, 0.3) is 11.1 Å². The quantitative estimate of drug-likeness (QED) is 0.0970. The maximum atomic E-state index is 15.8. The number of phenols is 6. The highest BCUT2D eigenvalue weighted by atomic mass is 35.5. The molecule has 0 saturated carbocycles. The second-order valence-electron chi connectivity index (χ2n) is 22.5. The first-order valence-corrected chi connectivity index (χ1v) is 29.6. The molecule has 30 heteroatoms. The number of unbranched alkanes of at least 4 members (excludes halogenated alkanes) is 1. The second-order valence-corrected chi connectivity index (χ2v) is 23.3. The number of carboxylic acid groups (broad SMARTS) is 1. The van der Waals surface area contributed by atoms with Gasteiger partial charge in [-0.05, 0) is 132 Å². The molecule has 7 aromatic carbocycles. The van der Waals surface area contributed by atoms with E-state index in [0.29, 0.717) is 19.4 Å². The Morgan fingerprint density at radius 2 is 1.15 bits per heavy atom. The van der Waals surface area contributed by atoms with Crippen molar-refractivity contribution in [3.05, 3.63) is 164 Å². The van der Waals surface area contributed by atoms with Gasteiger partial charge in [0.1, 0.15) is 82.6 Å². The fourth-order valence-electron chi connectivity index (χ4n) is 11.2. The minimum absolute atomic E-state index is 0.0107. The molecule has 0 radical (unpaired) electrons. The van der Waals surface area contributed by atoms with Crippen molar-refractivity contribution in [2.75, 3.05) is 6.54 Å². The molecule has 28 nitrogen and oxygen atoms in total. The Hall–Kier alpha value is -11.0. The fraction of sp³-hybridized carbons (Fsp3) is 0.219. The number of fused-ring (bicyclic) bond motifs is 14. The number of benzene rings is 7. The third-order valence-electron chi connectivity index (χ3n) is 16.0. The monoisotopic (exact) mass is 1330 g/mol. The van der Waals surface area contributed by atoms with Crippen LogP contribution in [0.3, 0.4) is 0 Å². The maximum Gasteiger partial charge on any atom is 0.330 e. The van der Waals surface area contributed by atoms with Gasteiger partial charge in [0.25, 0.3) is 0 Å². The number of phenolic OH excluding ortho intramolecular Hbond substituents is 6. The van der Waals surface area contributed by atoms with Gasteiger partial charge in [-0.25, -0.2) is 4.79 Å². The Morgan fingerprint density at radius 3 is 1.82 bits per heavy atom. The molecule has 6 heterocycles. The highest BCUT2D eigenvalue weighted by molar-refractivity contribution is 6.32. The first-order valence-electron chi connectivity index (χ1n) is 28.9. The van der Waals surface area contributed by atoms with Crippen molar-refractivity contribution in [1.29, 1.82) is 0 Å². The number of carbonyl (C=O) groups excluding carboxylic acids is 7. The van der Waals surface area contributed by atoms with Gasteiger partial charge in [0, 0.05) is 35.2 Å². The summed E-state index contributed by atoms with van der Waals surface area (Å²) in [6, 6.07) is 6.10. The lowest BCUT2D eigenvalue weighted by molar-refractivity contribution is -0.143. The number of hydrogen-bond donors (Lipinski definition) is 17. The van der Waals surface area contributed by atoms with Gasteiger partial charge in [0.2, 0.25) is 47.1 Å². The van der Waals surface area contributed by atoms with Crippen LogP contribution in [0, 0.1) is 0 Å². The number of carboxylic acids is 1. The zero-order valence-corrected chi connectivity index (χ0v) is 50.2. The van der Waals surface area contributed by atoms with Crippen LogP contribution in [-0.4, -0.2) is 113 Å². The Bertz CT molecular complexity index is 4310. The standard InChI is InChI=1S/C64H57Cl2N9O19/c65-36-13-25-4-10-43(36)93-46-20-30-21-47(56(46)82)94-44-11-7-28(18-37(44)66)55(81)54-63(89)74-53(64(90)91)35-23-32(77)24-42(80)48(35)34-17-26(5-8-40(34)78)49(60(86)75-54)72-62(88)52(30)73-61(87)51-29-15-31(76)22-33(16-29)92-45-19-27(6-9-41(45)79)50(59(85)69-39(14-25)58(84)71-51)70-57(83)38(68)3-1-2-12-67/h4-11,13,15-24,38-39,49-55,76-82H,1-3,12,14,67-68H2,(H,69,85)(H,70,83)(H,71,84)(H,72,88)(H,73,87)(H,74,89)(H,75,86)(H,90,91)/t38-,39+,49+,50+,51-,52+,53-,54-,55+/m0/s1. The molecule has 0 aromatic heterocycles. The van der Waals surface area contributed by atoms with Crippen molar-refractivity contribution in [3.63, 3.8) is 0 Å². The molecule has 0 fully saturated rings. The van der Waals surface area contributed by atoms with E-state index >= 15 is 19.2 Å². The number of hydrogen-bond acceptors (Lipinski definition) is 20. The molecule has 6 aliphatic heterocycles. The number of carbonyl (C=O) groups is 8. The summed E-state index contributed by atoms with van der Waals surface area (Å²) in [7, 11) is 0. The number of nitrogens with one attached hydrogen (secondary N) is 7. The summed E-state index contributed by atoms with van der Waals surface area (Å²) in [5.74, 6) is -16.5. The van der Waals surface area contributed by atoms with Crippen LogP contribution >= 0.6 is 23.2 Å². The smallest absolute Gasteiger partial charge is 0.330 e. The highest BCUT2D eigenvalue weighted by Gasteiger charge is 2.42. The first kappa shape index (κ1) is 64.5. The molecule has 0 aliphatic carbocycles. The number of aliphatic hydroxyl groups is 1. The largest absolute Gasteiger partial charge is 0.508 e. The predicted molar refractivity (Wildman–Crippen MR) is 330 cm³/mol. The molecule has 13 rings (SSSR count). The van der Waals surface area contributed by atoms with Crippen LogP contribution in [0.4, 0.5) is 0 Å². The lowest BCUT2D eigenvalue weighted by atomic mass is 9.89. The fourth-order valence-corrected chi connectivity index (χ4v) is 11.7. The zero-order chi connectivity index (χ0) is 67.1. The summed E-state index contributed by atoms with van der Waals surface area (Å²) < 4.78 is 18.6. The van der Waals surface area contributed by atoms with Crippen LogP contribution < -0.4 is 62.9 Å². The molecule has 0 spiro atoms. The molecule has 486 valence electrons. The van der Waals surface area contributed by atoms with Crippen molar-refractivity contribution in [1.82, 2.24) is 37.2 Å². The zero-order valence-electron chi connectivity index (χ0n) is 48.7. The SMILES string of the molecule is NCCCC[C@H](N)C(=O)N[C@H]1C(=O)N[C@@H]2Cc3ccc(c(Cl)c3)Oc3cc4cc(c3O)Oc3ccc(cc3Cl)[C@@H](O)[C@@H]3NC(=O)[C@H](NC(=O)[C@@H]4NC(=O)[C@@H](NC2=O)c2cc(O)cc(c2)Oc2cc1ccc2O)c1ccc(O)c(c1)-c1c(O)cc(O)cc1[C@@H](C(=O)O)NC3=O. The molecular formula is C64H57Cl2N9O19. The van der Waals surface area contributed by atoms with Crippen molar-refractivity contribution in [2.45, 2.75) is 80.1 Å². The number of aromatic hydroxyl groups is 6. The van der Waals surface area contributed by atoms with Crippen molar-refractivity contribution < 1.29 is 93.4 Å². The lowest BCUT2D eigenvalue weighted by Crippen LogP contribution is -2.55. The Labute approximate surface area is 541 Å². The van der Waals surface area contributed by atoms with Gasteiger partial charge < -0.3 is 104 Å². The minimum atomic E-state index is -2.22. The molecule has 6 aliphatic rings.